The van der Waals surface area contributed by atoms with Crippen molar-refractivity contribution in [3.63, 3.8) is 0 Å². The summed E-state index contributed by atoms with van der Waals surface area (Å²) in [5, 5.41) is 11.9. The van der Waals surface area contributed by atoms with Gasteiger partial charge in [-0.3, -0.25) is 4.79 Å². The first-order chi connectivity index (χ1) is 13.8. The van der Waals surface area contributed by atoms with Gasteiger partial charge in [0.15, 0.2) is 5.60 Å². The number of rotatable bonds is 7. The smallest absolute Gasteiger partial charge is 0.310 e. The van der Waals surface area contributed by atoms with Crippen molar-refractivity contribution in [2.24, 2.45) is 0 Å². The van der Waals surface area contributed by atoms with Crippen LogP contribution in [0.25, 0.3) is 0 Å². The molecule has 2 aromatic rings. The number of aliphatic hydroxyl groups is 1. The zero-order valence-electron chi connectivity index (χ0n) is 15.7. The van der Waals surface area contributed by atoms with Crippen molar-refractivity contribution in [2.75, 3.05) is 11.9 Å². The van der Waals surface area contributed by atoms with Gasteiger partial charge >= 0.3 is 20.4 Å². The molecule has 0 heterocycles. The second kappa shape index (κ2) is 6.17. The summed E-state index contributed by atoms with van der Waals surface area (Å²) in [7, 11) is -19.9. The quantitative estimate of drug-likeness (QED) is 0.365. The number of anilines is 1. The Morgan fingerprint density at radius 1 is 0.875 bits per heavy atom. The topological polar surface area (TPSA) is 58.6 Å². The molecule has 32 heavy (non-hydrogen) atoms. The van der Waals surface area contributed by atoms with Crippen molar-refractivity contribution in [1.82, 2.24) is 0 Å². The lowest BCUT2D eigenvalue weighted by molar-refractivity contribution is -0.135. The van der Waals surface area contributed by atoms with E-state index in [1.54, 1.807) is 5.32 Å². The largest absolute Gasteiger partial charge is 0.490 e. The molecule has 0 radical (unpaired) electrons. The number of carbonyl (C=O) groups is 1. The van der Waals surface area contributed by atoms with Gasteiger partial charge < -0.3 is 15.2 Å². The second-order valence-electron chi connectivity index (χ2n) is 6.95. The Balaban J connectivity index is 2.12. The van der Waals surface area contributed by atoms with Crippen LogP contribution in [-0.4, -0.2) is 23.2 Å². The standard InChI is InChI=1S/C16H15F10NO3S2/c1-16(29,10-30-12-5-7-13(8-6-12)31(17,18,19,20)21)15(28)27-11-3-2-4-14(9-11)32(22,23,24,25)26/h2-9,29H,10H2,1H3,(H,27,28). The highest BCUT2D eigenvalue weighted by atomic mass is 32.5. The summed E-state index contributed by atoms with van der Waals surface area (Å²) >= 11 is 0. The summed E-state index contributed by atoms with van der Waals surface area (Å²) in [5.41, 5.74) is -3.25. The van der Waals surface area contributed by atoms with Crippen molar-refractivity contribution in [3.05, 3.63) is 48.5 Å². The molecular weight excluding hydrogens is 508 g/mol. The van der Waals surface area contributed by atoms with E-state index >= 15 is 0 Å². The molecular formula is C16H15F10NO3S2. The fourth-order valence-electron chi connectivity index (χ4n) is 2.16. The molecule has 16 heteroatoms. The average Bonchev–Trinajstić information content (AvgIpc) is 2.57. The Labute approximate surface area is 174 Å². The first kappa shape index (κ1) is 25.9. The van der Waals surface area contributed by atoms with E-state index in [-0.39, 0.29) is 24.3 Å². The number of carbonyl (C=O) groups excluding carboxylic acids is 1. The molecule has 184 valence electrons. The minimum atomic E-state index is -10.0. The number of hydrogen-bond acceptors (Lipinski definition) is 3. The zero-order valence-corrected chi connectivity index (χ0v) is 17.3. The molecule has 1 unspecified atom stereocenters. The fraction of sp³-hybridized carbons (Fsp3) is 0.188. The molecule has 0 saturated carbocycles. The van der Waals surface area contributed by atoms with Gasteiger partial charge in [0.25, 0.3) is 5.91 Å². The third-order valence-corrected chi connectivity index (χ3v) is 6.12. The molecule has 0 fully saturated rings. The van der Waals surface area contributed by atoms with Gasteiger partial charge in [0.2, 0.25) is 0 Å². The van der Waals surface area contributed by atoms with E-state index < -0.39 is 59.8 Å². The van der Waals surface area contributed by atoms with E-state index in [2.05, 4.69) is 0 Å². The van der Waals surface area contributed by atoms with Gasteiger partial charge in [-0.15, -0.1) is 0 Å². The van der Waals surface area contributed by atoms with Crippen molar-refractivity contribution in [2.45, 2.75) is 22.3 Å². The number of amides is 1. The second-order valence-corrected chi connectivity index (χ2v) is 11.8. The fourth-order valence-corrected chi connectivity index (χ4v) is 3.50. The molecule has 0 saturated heterocycles. The molecule has 0 aliphatic rings. The van der Waals surface area contributed by atoms with Crippen LogP contribution in [0, 0.1) is 0 Å². The molecule has 1 amide bonds. The summed E-state index contributed by atoms with van der Waals surface area (Å²) in [5.74, 6) is -1.85. The van der Waals surface area contributed by atoms with Crippen LogP contribution in [0.5, 0.6) is 5.75 Å². The molecule has 0 aliphatic heterocycles. The van der Waals surface area contributed by atoms with Crippen LogP contribution in [0.2, 0.25) is 0 Å². The number of benzene rings is 2. The average molecular weight is 523 g/mol. The van der Waals surface area contributed by atoms with E-state index in [1.807, 2.05) is 0 Å². The monoisotopic (exact) mass is 523 g/mol. The maximum atomic E-state index is 12.9. The summed E-state index contributed by atoms with van der Waals surface area (Å²) in [6.07, 6.45) is 0. The summed E-state index contributed by atoms with van der Waals surface area (Å²) in [6, 6.07) is 2.52. The van der Waals surface area contributed by atoms with Gasteiger partial charge in [0.05, 0.1) is 0 Å². The van der Waals surface area contributed by atoms with Crippen LogP contribution < -0.4 is 10.1 Å². The highest BCUT2D eigenvalue weighted by molar-refractivity contribution is 8.46. The molecule has 0 aromatic heterocycles. The SMILES string of the molecule is CC(O)(COc1ccc(S(F)(F)(F)(F)F)cc1)C(=O)Nc1cccc(S(F)(F)(F)(F)F)c1. The van der Waals surface area contributed by atoms with Crippen LogP contribution in [0.1, 0.15) is 6.92 Å². The number of ether oxygens (including phenoxy) is 1. The maximum absolute atomic E-state index is 12.9. The van der Waals surface area contributed by atoms with Crippen LogP contribution in [0.3, 0.4) is 0 Å². The Morgan fingerprint density at radius 2 is 1.38 bits per heavy atom. The van der Waals surface area contributed by atoms with Crippen LogP contribution in [0.4, 0.5) is 44.5 Å². The minimum absolute atomic E-state index is 0.0250. The Kier molecular flexibility index (Phi) is 4.99. The van der Waals surface area contributed by atoms with Crippen molar-refractivity contribution >= 4 is 32.0 Å². The summed E-state index contributed by atoms with van der Waals surface area (Å²) in [4.78, 5) is 7.61. The predicted octanol–water partition coefficient (Wildman–Crippen LogP) is 7.77. The van der Waals surface area contributed by atoms with E-state index in [9.17, 15) is 48.8 Å². The molecule has 0 bridgehead atoms. The van der Waals surface area contributed by atoms with Crippen molar-refractivity contribution < 1.29 is 53.5 Å². The van der Waals surface area contributed by atoms with Gasteiger partial charge in [0, 0.05) is 5.69 Å². The van der Waals surface area contributed by atoms with Gasteiger partial charge in [0.1, 0.15) is 22.1 Å². The Morgan fingerprint density at radius 3 is 1.84 bits per heavy atom. The van der Waals surface area contributed by atoms with Gasteiger partial charge in [-0.2, -0.15) is 0 Å². The lowest BCUT2D eigenvalue weighted by atomic mass is 10.1. The Bertz CT molecular complexity index is 1050. The minimum Gasteiger partial charge on any atom is -0.490 e. The van der Waals surface area contributed by atoms with Gasteiger partial charge in [-0.1, -0.05) is 44.9 Å². The molecule has 2 rings (SSSR count). The highest BCUT2D eigenvalue weighted by Gasteiger charge is 2.66. The molecule has 1 atom stereocenters. The lowest BCUT2D eigenvalue weighted by Gasteiger charge is -2.40. The van der Waals surface area contributed by atoms with E-state index in [0.717, 1.165) is 13.0 Å². The molecule has 0 aliphatic carbocycles. The van der Waals surface area contributed by atoms with Gasteiger partial charge in [-0.25, -0.2) is 0 Å². The normalized spacial score (nSPS) is 18.9. The van der Waals surface area contributed by atoms with Crippen LogP contribution >= 0.6 is 20.4 Å². The number of nitrogens with one attached hydrogen (secondary N) is 1. The third-order valence-electron chi connectivity index (χ3n) is 3.82. The van der Waals surface area contributed by atoms with Crippen molar-refractivity contribution in [1.29, 1.82) is 0 Å². The van der Waals surface area contributed by atoms with E-state index in [4.69, 9.17) is 4.74 Å². The highest BCUT2D eigenvalue weighted by Crippen LogP contribution is 3.02. The first-order valence-corrected chi connectivity index (χ1v) is 12.0. The predicted molar refractivity (Wildman–Crippen MR) is 100 cm³/mol. The lowest BCUT2D eigenvalue weighted by Crippen LogP contribution is -2.45. The Hall–Kier alpha value is -2.33. The third kappa shape index (κ3) is 6.83. The zero-order chi connectivity index (χ0) is 25.0. The van der Waals surface area contributed by atoms with Crippen LogP contribution in [-0.2, 0) is 4.79 Å². The number of hydrogen-bond donors (Lipinski definition) is 2. The van der Waals surface area contributed by atoms with Crippen molar-refractivity contribution in [3.8, 4) is 5.75 Å². The van der Waals surface area contributed by atoms with E-state index in [1.165, 1.54) is 0 Å². The molecule has 0 spiro atoms. The summed E-state index contributed by atoms with van der Waals surface area (Å²) < 4.78 is 133. The molecule has 4 nitrogen and oxygen atoms in total. The first-order valence-electron chi connectivity index (χ1n) is 8.12. The molecule has 2 aromatic carbocycles. The van der Waals surface area contributed by atoms with Crippen LogP contribution in [0.15, 0.2) is 58.3 Å². The molecule has 2 N–H and O–H groups in total. The maximum Gasteiger partial charge on any atom is 0.310 e. The summed E-state index contributed by atoms with van der Waals surface area (Å²) in [6.45, 7) is -0.171. The number of halogens is 10. The van der Waals surface area contributed by atoms with E-state index in [0.29, 0.717) is 18.2 Å². The van der Waals surface area contributed by atoms with Gasteiger partial charge in [-0.05, 0) is 49.4 Å².